The highest BCUT2D eigenvalue weighted by Gasteiger charge is 2.19. The first kappa shape index (κ1) is 28.7. The first-order valence-corrected chi connectivity index (χ1v) is 16.2. The van der Waals surface area contributed by atoms with Gasteiger partial charge in [-0.2, -0.15) is 9.13 Å². The molecule has 0 saturated carbocycles. The number of para-hydroxylation sites is 4. The van der Waals surface area contributed by atoms with E-state index in [1.54, 1.807) is 0 Å². The molecule has 0 unspecified atom stereocenters. The minimum absolute atomic E-state index is 0.587. The molecule has 0 bridgehead atoms. The van der Waals surface area contributed by atoms with Crippen LogP contribution in [-0.2, 0) is 14.1 Å². The van der Waals surface area contributed by atoms with Gasteiger partial charge in [-0.3, -0.25) is 0 Å². The smallest absolute Gasteiger partial charge is 0.213 e. The lowest BCUT2D eigenvalue weighted by molar-refractivity contribution is -0.617. The number of rotatable bonds is 8. The van der Waals surface area contributed by atoms with Gasteiger partial charge in [-0.05, 0) is 59.7 Å². The van der Waals surface area contributed by atoms with Crippen LogP contribution in [0, 0.1) is 0 Å². The van der Waals surface area contributed by atoms with Gasteiger partial charge >= 0.3 is 0 Å². The van der Waals surface area contributed by atoms with Crippen LogP contribution < -0.4 is 18.6 Å². The van der Waals surface area contributed by atoms with E-state index in [0.717, 1.165) is 17.9 Å². The van der Waals surface area contributed by atoms with Crippen LogP contribution in [0.5, 0.6) is 11.5 Å². The number of benzene rings is 6. The van der Waals surface area contributed by atoms with Crippen molar-refractivity contribution in [3.05, 3.63) is 146 Å². The fourth-order valence-electron chi connectivity index (χ4n) is 6.96. The van der Waals surface area contributed by atoms with E-state index in [1.165, 1.54) is 65.9 Å². The van der Waals surface area contributed by atoms with E-state index in [4.69, 9.17) is 9.47 Å². The standard InChI is InChI=1S/C43H36N2O2/c1-44-38-16-7-3-12-34(38)42(35-13-4-8-17-39(35)44)30-20-24-32(25-21-30)46-28-11-29-47-33-26-22-31(23-27-33)43-36-14-5-9-18-40(36)45(2)41-19-10-6-15-37(41)43/h3-10,12-27H,11,28-29H2,1-2H3/q+2. The summed E-state index contributed by atoms with van der Waals surface area (Å²) >= 11 is 0. The monoisotopic (exact) mass is 612 g/mol. The van der Waals surface area contributed by atoms with E-state index >= 15 is 0 Å². The fourth-order valence-corrected chi connectivity index (χ4v) is 6.96. The maximum absolute atomic E-state index is 6.11. The van der Waals surface area contributed by atoms with Gasteiger partial charge in [0.2, 0.25) is 22.1 Å². The molecule has 6 aromatic carbocycles. The Morgan fingerprint density at radius 1 is 0.383 bits per heavy atom. The van der Waals surface area contributed by atoms with Crippen molar-refractivity contribution in [1.82, 2.24) is 0 Å². The summed E-state index contributed by atoms with van der Waals surface area (Å²) in [7, 11) is 4.27. The van der Waals surface area contributed by atoms with Crippen molar-refractivity contribution in [1.29, 1.82) is 0 Å². The molecule has 0 N–H and O–H groups in total. The molecule has 0 aliphatic heterocycles. The summed E-state index contributed by atoms with van der Waals surface area (Å²) in [5, 5.41) is 4.97. The Morgan fingerprint density at radius 3 is 1.00 bits per heavy atom. The fraction of sp³-hybridized carbons (Fsp3) is 0.116. The van der Waals surface area contributed by atoms with Gasteiger partial charge < -0.3 is 9.47 Å². The van der Waals surface area contributed by atoms with E-state index in [0.29, 0.717) is 13.2 Å². The topological polar surface area (TPSA) is 26.2 Å². The van der Waals surface area contributed by atoms with Gasteiger partial charge in [-0.25, -0.2) is 0 Å². The summed E-state index contributed by atoms with van der Waals surface area (Å²) < 4.78 is 16.8. The Hall–Kier alpha value is -5.74. The molecule has 2 heterocycles. The lowest BCUT2D eigenvalue weighted by Gasteiger charge is -2.12. The average molecular weight is 613 g/mol. The minimum atomic E-state index is 0.587. The molecule has 0 spiro atoms. The molecular weight excluding hydrogens is 576 g/mol. The molecule has 0 amide bonds. The van der Waals surface area contributed by atoms with Gasteiger partial charge in [0.05, 0.1) is 34.8 Å². The number of nitrogens with zero attached hydrogens (tertiary/aromatic N) is 2. The van der Waals surface area contributed by atoms with Crippen molar-refractivity contribution in [2.75, 3.05) is 13.2 Å². The van der Waals surface area contributed by atoms with Crippen molar-refractivity contribution in [3.8, 4) is 33.8 Å². The van der Waals surface area contributed by atoms with Crippen molar-refractivity contribution in [2.45, 2.75) is 6.42 Å². The van der Waals surface area contributed by atoms with E-state index < -0.39 is 0 Å². The van der Waals surface area contributed by atoms with Crippen molar-refractivity contribution < 1.29 is 18.6 Å². The quantitative estimate of drug-likeness (QED) is 0.0972. The molecule has 8 aromatic rings. The molecule has 2 aromatic heterocycles. The number of hydrogen-bond donors (Lipinski definition) is 0. The molecule has 8 rings (SSSR count). The Labute approximate surface area is 274 Å². The molecule has 47 heavy (non-hydrogen) atoms. The summed E-state index contributed by atoms with van der Waals surface area (Å²) in [6.07, 6.45) is 0.790. The van der Waals surface area contributed by atoms with Gasteiger partial charge in [-0.1, -0.05) is 72.8 Å². The van der Waals surface area contributed by atoms with Crippen LogP contribution >= 0.6 is 0 Å². The van der Waals surface area contributed by atoms with Crippen LogP contribution in [-0.4, -0.2) is 13.2 Å². The number of pyridine rings is 2. The van der Waals surface area contributed by atoms with Crippen LogP contribution in [0.15, 0.2) is 146 Å². The number of hydrogen-bond acceptors (Lipinski definition) is 2. The van der Waals surface area contributed by atoms with Gasteiger partial charge in [0.15, 0.2) is 0 Å². The van der Waals surface area contributed by atoms with Crippen LogP contribution in [0.2, 0.25) is 0 Å². The lowest BCUT2D eigenvalue weighted by Crippen LogP contribution is -2.30. The maximum Gasteiger partial charge on any atom is 0.213 e. The Balaban J connectivity index is 0.931. The molecule has 0 saturated heterocycles. The third-order valence-electron chi connectivity index (χ3n) is 9.25. The summed E-state index contributed by atoms with van der Waals surface area (Å²) in [6, 6.07) is 51.4. The molecule has 4 nitrogen and oxygen atoms in total. The van der Waals surface area contributed by atoms with E-state index in [9.17, 15) is 0 Å². The number of aromatic nitrogens is 2. The highest BCUT2D eigenvalue weighted by molar-refractivity contribution is 6.08. The van der Waals surface area contributed by atoms with Crippen LogP contribution in [0.1, 0.15) is 6.42 Å². The number of ether oxygens (including phenoxy) is 2. The van der Waals surface area contributed by atoms with E-state index in [2.05, 4.69) is 169 Å². The Bertz CT molecular complexity index is 2110. The molecule has 228 valence electrons. The second kappa shape index (κ2) is 12.2. The zero-order chi connectivity index (χ0) is 31.7. The van der Waals surface area contributed by atoms with Crippen LogP contribution in [0.25, 0.3) is 65.9 Å². The lowest BCUT2D eigenvalue weighted by atomic mass is 9.96. The van der Waals surface area contributed by atoms with Gasteiger partial charge in [-0.15, -0.1) is 0 Å². The summed E-state index contributed by atoms with van der Waals surface area (Å²) in [5.41, 5.74) is 9.73. The maximum atomic E-state index is 6.11. The third kappa shape index (κ3) is 5.22. The Kier molecular flexibility index (Phi) is 7.47. The van der Waals surface area contributed by atoms with Gasteiger partial charge in [0, 0.05) is 41.8 Å². The van der Waals surface area contributed by atoms with Crippen molar-refractivity contribution in [2.24, 2.45) is 14.1 Å². The molecule has 0 aliphatic carbocycles. The zero-order valence-corrected chi connectivity index (χ0v) is 26.7. The number of aryl methyl sites for hydroxylation is 2. The van der Waals surface area contributed by atoms with Gasteiger partial charge in [0.1, 0.15) is 25.6 Å². The van der Waals surface area contributed by atoms with Crippen molar-refractivity contribution in [3.63, 3.8) is 0 Å². The van der Waals surface area contributed by atoms with Gasteiger partial charge in [0.25, 0.3) is 0 Å². The molecule has 0 aliphatic rings. The second-order valence-corrected chi connectivity index (χ2v) is 12.0. The highest BCUT2D eigenvalue weighted by Crippen LogP contribution is 2.36. The predicted octanol–water partition coefficient (Wildman–Crippen LogP) is 9.13. The average Bonchev–Trinajstić information content (AvgIpc) is 3.13. The molecule has 0 fully saturated rings. The van der Waals surface area contributed by atoms with Crippen molar-refractivity contribution >= 4 is 43.6 Å². The molecular formula is C43H36N2O2+2. The second-order valence-electron chi connectivity index (χ2n) is 12.0. The molecule has 0 radical (unpaired) electrons. The molecule has 4 heteroatoms. The molecule has 0 atom stereocenters. The first-order chi connectivity index (χ1) is 23.2. The predicted molar refractivity (Wildman–Crippen MR) is 192 cm³/mol. The largest absolute Gasteiger partial charge is 0.493 e. The summed E-state index contributed by atoms with van der Waals surface area (Å²) in [6.45, 7) is 1.17. The van der Waals surface area contributed by atoms with Crippen LogP contribution in [0.4, 0.5) is 0 Å². The SMILES string of the molecule is C[n+]1c2ccccc2c(-c2ccc(OCCCOc3ccc(-c4c5ccccc5[n+](C)c5ccccc45)cc3)cc2)c2ccccc21. The highest BCUT2D eigenvalue weighted by atomic mass is 16.5. The van der Waals surface area contributed by atoms with E-state index in [-0.39, 0.29) is 0 Å². The normalized spacial score (nSPS) is 11.4. The van der Waals surface area contributed by atoms with E-state index in [1.807, 2.05) is 0 Å². The third-order valence-corrected chi connectivity index (χ3v) is 9.25. The summed E-state index contributed by atoms with van der Waals surface area (Å²) in [5.74, 6) is 1.73. The first-order valence-electron chi connectivity index (χ1n) is 16.2. The number of fused-ring (bicyclic) bond motifs is 4. The van der Waals surface area contributed by atoms with Crippen LogP contribution in [0.3, 0.4) is 0 Å². The minimum Gasteiger partial charge on any atom is -0.493 e. The summed E-state index contributed by atoms with van der Waals surface area (Å²) in [4.78, 5) is 0. The zero-order valence-electron chi connectivity index (χ0n) is 26.7. The Morgan fingerprint density at radius 2 is 0.681 bits per heavy atom.